The average molecular weight is 327 g/mol. The minimum atomic E-state index is 0.686. The number of hydrogen-bond donors (Lipinski definition) is 0. The fourth-order valence-corrected chi connectivity index (χ4v) is 2.43. The van der Waals surface area contributed by atoms with Crippen molar-refractivity contribution >= 4 is 11.8 Å². The van der Waals surface area contributed by atoms with Crippen molar-refractivity contribution in [3.05, 3.63) is 108 Å². The molecule has 3 aromatic rings. The van der Waals surface area contributed by atoms with Crippen LogP contribution < -0.4 is 4.74 Å². The van der Waals surface area contributed by atoms with E-state index in [1.165, 1.54) is 5.56 Å². The third-order valence-corrected chi connectivity index (χ3v) is 3.86. The summed E-state index contributed by atoms with van der Waals surface area (Å²) in [5.41, 5.74) is 4.39. The zero-order valence-electron chi connectivity index (χ0n) is 14.3. The van der Waals surface area contributed by atoms with Crippen LogP contribution in [0, 0.1) is 0 Å². The van der Waals surface area contributed by atoms with Crippen LogP contribution in [0.25, 0.3) is 6.08 Å². The number of benzene rings is 3. The molecular weight excluding hydrogens is 306 g/mol. The lowest BCUT2D eigenvalue weighted by molar-refractivity contribution is 0.485. The molecule has 0 unspecified atom stereocenters. The molecule has 0 aromatic heterocycles. The van der Waals surface area contributed by atoms with Gasteiger partial charge in [0.1, 0.15) is 5.75 Å². The fraction of sp³-hybridized carbons (Fsp3) is 0.0870. The Hall–Kier alpha value is -3.13. The number of aliphatic imine (C=N–C) groups is 1. The van der Waals surface area contributed by atoms with Gasteiger partial charge in [0.2, 0.25) is 0 Å². The molecule has 0 saturated carbocycles. The van der Waals surface area contributed by atoms with Gasteiger partial charge in [0.15, 0.2) is 0 Å². The van der Waals surface area contributed by atoms with Crippen molar-refractivity contribution in [2.75, 3.05) is 0 Å². The summed E-state index contributed by atoms with van der Waals surface area (Å²) in [4.78, 5) is 4.68. The van der Waals surface area contributed by atoms with Crippen LogP contribution in [0.5, 0.6) is 5.75 Å². The Kier molecular flexibility index (Phi) is 5.78. The highest BCUT2D eigenvalue weighted by atomic mass is 16.5. The number of nitrogens with zero attached hydrogens (tertiary/aromatic N) is 1. The van der Waals surface area contributed by atoms with Gasteiger partial charge in [-0.3, -0.25) is 4.99 Å². The van der Waals surface area contributed by atoms with E-state index in [-0.39, 0.29) is 0 Å². The SMILES string of the molecule is CC(=NCc1ccccc1)c1cccc(O/C=C/c2ccccc2)c1. The lowest BCUT2D eigenvalue weighted by Gasteiger charge is -2.05. The normalized spacial score (nSPS) is 11.6. The molecule has 0 fully saturated rings. The predicted octanol–water partition coefficient (Wildman–Crippen LogP) is 5.75. The number of ether oxygens (including phenoxy) is 1. The third-order valence-electron chi connectivity index (χ3n) is 3.86. The van der Waals surface area contributed by atoms with E-state index in [9.17, 15) is 0 Å². The first-order valence-corrected chi connectivity index (χ1v) is 8.35. The Balaban J connectivity index is 1.65. The molecule has 25 heavy (non-hydrogen) atoms. The van der Waals surface area contributed by atoms with E-state index >= 15 is 0 Å². The minimum Gasteiger partial charge on any atom is -0.465 e. The van der Waals surface area contributed by atoms with Crippen molar-refractivity contribution in [2.24, 2.45) is 4.99 Å². The highest BCUT2D eigenvalue weighted by Gasteiger charge is 2.00. The van der Waals surface area contributed by atoms with Crippen LogP contribution >= 0.6 is 0 Å². The second-order valence-electron chi connectivity index (χ2n) is 5.75. The van der Waals surface area contributed by atoms with E-state index in [4.69, 9.17) is 4.74 Å². The second-order valence-corrected chi connectivity index (χ2v) is 5.75. The van der Waals surface area contributed by atoms with Crippen molar-refractivity contribution in [1.82, 2.24) is 0 Å². The average Bonchev–Trinajstić information content (AvgIpc) is 2.68. The smallest absolute Gasteiger partial charge is 0.127 e. The first kappa shape index (κ1) is 16.7. The summed E-state index contributed by atoms with van der Waals surface area (Å²) in [5.74, 6) is 0.805. The Morgan fingerprint density at radius 3 is 2.36 bits per heavy atom. The molecule has 2 nitrogen and oxygen atoms in total. The van der Waals surface area contributed by atoms with Crippen molar-refractivity contribution in [2.45, 2.75) is 13.5 Å². The summed E-state index contributed by atoms with van der Waals surface area (Å²) in [5, 5.41) is 0. The Morgan fingerprint density at radius 2 is 1.60 bits per heavy atom. The zero-order chi connectivity index (χ0) is 17.3. The molecule has 3 aromatic carbocycles. The van der Waals surface area contributed by atoms with Crippen molar-refractivity contribution in [3.8, 4) is 5.75 Å². The molecule has 2 heteroatoms. The third kappa shape index (κ3) is 5.18. The molecule has 124 valence electrons. The van der Waals surface area contributed by atoms with Crippen LogP contribution in [0.1, 0.15) is 23.6 Å². The van der Waals surface area contributed by atoms with Crippen LogP contribution in [0.15, 0.2) is 96.2 Å². The van der Waals surface area contributed by atoms with Crippen molar-refractivity contribution in [3.63, 3.8) is 0 Å². The van der Waals surface area contributed by atoms with Crippen molar-refractivity contribution in [1.29, 1.82) is 0 Å². The maximum Gasteiger partial charge on any atom is 0.127 e. The topological polar surface area (TPSA) is 21.6 Å². The van der Waals surface area contributed by atoms with E-state index in [0.29, 0.717) is 6.54 Å². The van der Waals surface area contributed by atoms with E-state index in [1.54, 1.807) is 6.26 Å². The maximum absolute atomic E-state index is 5.73. The molecule has 0 saturated heterocycles. The molecular formula is C23H21NO. The van der Waals surface area contributed by atoms with Crippen LogP contribution in [-0.4, -0.2) is 5.71 Å². The molecule has 0 N–H and O–H groups in total. The summed E-state index contributed by atoms with van der Waals surface area (Å²) in [7, 11) is 0. The quantitative estimate of drug-likeness (QED) is 0.417. The van der Waals surface area contributed by atoms with Gasteiger partial charge >= 0.3 is 0 Å². The van der Waals surface area contributed by atoms with E-state index in [1.807, 2.05) is 79.7 Å². The number of rotatable bonds is 6. The van der Waals surface area contributed by atoms with Crippen molar-refractivity contribution < 1.29 is 4.74 Å². The van der Waals surface area contributed by atoms with Crippen LogP contribution in [-0.2, 0) is 6.54 Å². The molecule has 3 rings (SSSR count). The van der Waals surface area contributed by atoms with E-state index < -0.39 is 0 Å². The highest BCUT2D eigenvalue weighted by Crippen LogP contribution is 2.15. The van der Waals surface area contributed by atoms with Gasteiger partial charge in [-0.05, 0) is 41.8 Å². The molecule has 0 atom stereocenters. The number of hydrogen-bond acceptors (Lipinski definition) is 2. The predicted molar refractivity (Wildman–Crippen MR) is 105 cm³/mol. The molecule has 0 bridgehead atoms. The zero-order valence-corrected chi connectivity index (χ0v) is 14.3. The maximum atomic E-state index is 5.73. The molecule has 0 heterocycles. The van der Waals surface area contributed by atoms with Crippen LogP contribution in [0.3, 0.4) is 0 Å². The Labute approximate surface area is 149 Å². The molecule has 0 amide bonds. The van der Waals surface area contributed by atoms with Gasteiger partial charge in [0, 0.05) is 5.71 Å². The molecule has 0 spiro atoms. The van der Waals surface area contributed by atoms with Gasteiger partial charge in [-0.15, -0.1) is 0 Å². The lowest BCUT2D eigenvalue weighted by Crippen LogP contribution is -1.96. The lowest BCUT2D eigenvalue weighted by atomic mass is 10.1. The van der Waals surface area contributed by atoms with Gasteiger partial charge in [0.25, 0.3) is 0 Å². The van der Waals surface area contributed by atoms with Gasteiger partial charge < -0.3 is 4.74 Å². The fourth-order valence-electron chi connectivity index (χ4n) is 2.43. The van der Waals surface area contributed by atoms with E-state index in [0.717, 1.165) is 22.6 Å². The summed E-state index contributed by atoms with van der Waals surface area (Å²) in [6.45, 7) is 2.72. The van der Waals surface area contributed by atoms with E-state index in [2.05, 4.69) is 23.2 Å². The summed E-state index contributed by atoms with van der Waals surface area (Å²) in [6, 6.07) is 28.4. The molecule has 0 radical (unpaired) electrons. The minimum absolute atomic E-state index is 0.686. The van der Waals surface area contributed by atoms with Gasteiger partial charge in [-0.25, -0.2) is 0 Å². The standard InChI is InChI=1S/C23H21NO/c1-19(24-18-21-11-6-3-7-12-21)22-13-8-14-23(17-22)25-16-15-20-9-4-2-5-10-20/h2-17H,18H2,1H3/b16-15+,24-19?. The van der Waals surface area contributed by atoms with Gasteiger partial charge in [-0.1, -0.05) is 72.8 Å². The summed E-state index contributed by atoms with van der Waals surface area (Å²) < 4.78 is 5.73. The molecule has 0 aliphatic rings. The van der Waals surface area contributed by atoms with Gasteiger partial charge in [-0.2, -0.15) is 0 Å². The molecule has 0 aliphatic carbocycles. The molecule has 0 aliphatic heterocycles. The monoisotopic (exact) mass is 327 g/mol. The summed E-state index contributed by atoms with van der Waals surface area (Å²) >= 11 is 0. The largest absolute Gasteiger partial charge is 0.465 e. The Bertz CT molecular complexity index is 852. The first-order chi connectivity index (χ1) is 12.3. The Morgan fingerprint density at radius 1 is 0.880 bits per heavy atom. The highest BCUT2D eigenvalue weighted by molar-refractivity contribution is 5.99. The van der Waals surface area contributed by atoms with Gasteiger partial charge in [0.05, 0.1) is 12.8 Å². The van der Waals surface area contributed by atoms with Crippen LogP contribution in [0.2, 0.25) is 0 Å². The first-order valence-electron chi connectivity index (χ1n) is 8.35. The summed E-state index contributed by atoms with van der Waals surface area (Å²) in [6.07, 6.45) is 3.66. The second kappa shape index (κ2) is 8.65. The van der Waals surface area contributed by atoms with Crippen LogP contribution in [0.4, 0.5) is 0 Å².